The summed E-state index contributed by atoms with van der Waals surface area (Å²) < 4.78 is 15.5. The molecule has 0 N–H and O–H groups in total. The van der Waals surface area contributed by atoms with Gasteiger partial charge < -0.3 is 14.2 Å². The van der Waals surface area contributed by atoms with E-state index >= 15 is 0 Å². The predicted octanol–water partition coefficient (Wildman–Crippen LogP) is 1.34. The fraction of sp³-hybridized carbons (Fsp3) is 0.900. The minimum Gasteiger partial charge on any atom is -0.466 e. The molecule has 1 atom stereocenters. The summed E-state index contributed by atoms with van der Waals surface area (Å²) in [5.41, 5.74) is 0. The number of ether oxygens (including phenoxy) is 3. The van der Waals surface area contributed by atoms with Crippen LogP contribution in [0.15, 0.2) is 0 Å². The fourth-order valence-electron chi connectivity index (χ4n) is 1.89. The smallest absolute Gasteiger partial charge is 0.309 e. The Bertz CT molecular complexity index is 198. The Hall–Kier alpha value is -0.610. The number of carbonyl (C=O) groups is 1. The van der Waals surface area contributed by atoms with Gasteiger partial charge in [-0.05, 0) is 13.3 Å². The van der Waals surface area contributed by atoms with E-state index in [-0.39, 0.29) is 11.9 Å². The monoisotopic (exact) mass is 202 g/mol. The van der Waals surface area contributed by atoms with Crippen LogP contribution in [0.3, 0.4) is 0 Å². The zero-order chi connectivity index (χ0) is 10.6. The van der Waals surface area contributed by atoms with Crippen molar-refractivity contribution in [1.82, 2.24) is 0 Å². The minimum atomic E-state index is -0.572. The van der Waals surface area contributed by atoms with E-state index in [0.29, 0.717) is 13.0 Å². The summed E-state index contributed by atoms with van der Waals surface area (Å²) >= 11 is 0. The number of hydrogen-bond donors (Lipinski definition) is 0. The molecule has 4 heteroatoms. The quantitative estimate of drug-likeness (QED) is 0.509. The van der Waals surface area contributed by atoms with E-state index in [1.165, 1.54) is 0 Å². The molecule has 0 aliphatic heterocycles. The van der Waals surface area contributed by atoms with Crippen molar-refractivity contribution in [3.8, 4) is 0 Å². The lowest BCUT2D eigenvalue weighted by molar-refractivity contribution is -0.203. The molecule has 1 aliphatic rings. The molecule has 1 aliphatic carbocycles. The van der Waals surface area contributed by atoms with Gasteiger partial charge in [0.2, 0.25) is 0 Å². The molecule has 1 rings (SSSR count). The summed E-state index contributed by atoms with van der Waals surface area (Å²) in [6.45, 7) is 2.25. The number of carbonyl (C=O) groups excluding carboxylic acids is 1. The lowest BCUT2D eigenvalue weighted by Gasteiger charge is -2.25. The first kappa shape index (κ1) is 11.5. The fourth-order valence-corrected chi connectivity index (χ4v) is 1.89. The Morgan fingerprint density at radius 1 is 1.43 bits per heavy atom. The van der Waals surface area contributed by atoms with E-state index < -0.39 is 5.79 Å². The van der Waals surface area contributed by atoms with Gasteiger partial charge in [0.15, 0.2) is 5.79 Å². The van der Waals surface area contributed by atoms with Crippen molar-refractivity contribution >= 4 is 5.97 Å². The number of hydrogen-bond acceptors (Lipinski definition) is 4. The van der Waals surface area contributed by atoms with Gasteiger partial charge in [0, 0.05) is 27.1 Å². The first-order chi connectivity index (χ1) is 6.67. The van der Waals surface area contributed by atoms with Crippen molar-refractivity contribution in [2.45, 2.75) is 32.0 Å². The van der Waals surface area contributed by atoms with Crippen molar-refractivity contribution in [3.05, 3.63) is 0 Å². The maximum absolute atomic E-state index is 11.4. The van der Waals surface area contributed by atoms with E-state index in [1.807, 2.05) is 6.92 Å². The second-order valence-electron chi connectivity index (χ2n) is 3.51. The van der Waals surface area contributed by atoms with E-state index in [2.05, 4.69) is 0 Å². The highest BCUT2D eigenvalue weighted by atomic mass is 16.7. The number of esters is 1. The Morgan fingerprint density at radius 3 is 2.50 bits per heavy atom. The molecule has 0 unspecified atom stereocenters. The maximum Gasteiger partial charge on any atom is 0.309 e. The zero-order valence-corrected chi connectivity index (χ0v) is 9.04. The van der Waals surface area contributed by atoms with Crippen LogP contribution in [0.1, 0.15) is 26.2 Å². The average Bonchev–Trinajstić information content (AvgIpc) is 2.63. The van der Waals surface area contributed by atoms with Gasteiger partial charge in [0.05, 0.1) is 12.5 Å². The van der Waals surface area contributed by atoms with Crippen LogP contribution in [0, 0.1) is 5.92 Å². The van der Waals surface area contributed by atoms with Gasteiger partial charge in [-0.25, -0.2) is 0 Å². The highest BCUT2D eigenvalue weighted by molar-refractivity contribution is 5.72. The Labute approximate surface area is 84.5 Å². The van der Waals surface area contributed by atoms with Gasteiger partial charge in [-0.1, -0.05) is 0 Å². The van der Waals surface area contributed by atoms with Gasteiger partial charge in [-0.15, -0.1) is 0 Å². The largest absolute Gasteiger partial charge is 0.466 e. The summed E-state index contributed by atoms with van der Waals surface area (Å²) in [5.74, 6) is -0.782. The number of rotatable bonds is 4. The van der Waals surface area contributed by atoms with Gasteiger partial charge in [0.1, 0.15) is 0 Å². The molecule has 0 heterocycles. The molecule has 14 heavy (non-hydrogen) atoms. The topological polar surface area (TPSA) is 44.8 Å². The molecule has 4 nitrogen and oxygen atoms in total. The Kier molecular flexibility index (Phi) is 3.89. The van der Waals surface area contributed by atoms with Gasteiger partial charge in [-0.3, -0.25) is 4.79 Å². The van der Waals surface area contributed by atoms with E-state index in [0.717, 1.165) is 12.8 Å². The van der Waals surface area contributed by atoms with Crippen LogP contribution in [0.2, 0.25) is 0 Å². The standard InChI is InChI=1S/C10H18O4/c1-4-14-9(11)8-5-6-10(7-8,12-2)13-3/h8H,4-7H2,1-3H3/t8-/m1/s1. The summed E-state index contributed by atoms with van der Waals surface area (Å²) in [5, 5.41) is 0. The summed E-state index contributed by atoms with van der Waals surface area (Å²) in [7, 11) is 3.22. The van der Waals surface area contributed by atoms with Crippen molar-refractivity contribution < 1.29 is 19.0 Å². The molecule has 0 radical (unpaired) electrons. The predicted molar refractivity (Wildman–Crippen MR) is 50.7 cm³/mol. The van der Waals surface area contributed by atoms with Crippen molar-refractivity contribution in [2.75, 3.05) is 20.8 Å². The van der Waals surface area contributed by atoms with Crippen LogP contribution in [0.4, 0.5) is 0 Å². The molecule has 0 aromatic rings. The van der Waals surface area contributed by atoms with Crippen LogP contribution in [-0.2, 0) is 19.0 Å². The van der Waals surface area contributed by atoms with Crippen molar-refractivity contribution in [3.63, 3.8) is 0 Å². The molecule has 0 aromatic carbocycles. The first-order valence-electron chi connectivity index (χ1n) is 4.94. The average molecular weight is 202 g/mol. The van der Waals surface area contributed by atoms with E-state index in [4.69, 9.17) is 14.2 Å². The normalized spacial score (nSPS) is 24.9. The van der Waals surface area contributed by atoms with E-state index in [9.17, 15) is 4.79 Å². The summed E-state index contributed by atoms with van der Waals surface area (Å²) in [6, 6.07) is 0. The summed E-state index contributed by atoms with van der Waals surface area (Å²) in [6.07, 6.45) is 2.13. The molecule has 0 bridgehead atoms. The molecular formula is C10H18O4. The van der Waals surface area contributed by atoms with Crippen LogP contribution in [-0.4, -0.2) is 32.6 Å². The molecule has 0 spiro atoms. The highest BCUT2D eigenvalue weighted by Gasteiger charge is 2.43. The van der Waals surface area contributed by atoms with Crippen LogP contribution < -0.4 is 0 Å². The second kappa shape index (κ2) is 4.75. The van der Waals surface area contributed by atoms with Gasteiger partial charge >= 0.3 is 5.97 Å². The number of methoxy groups -OCH3 is 2. The molecule has 1 saturated carbocycles. The second-order valence-corrected chi connectivity index (χ2v) is 3.51. The third-order valence-electron chi connectivity index (χ3n) is 2.80. The lowest BCUT2D eigenvalue weighted by atomic mass is 10.1. The summed E-state index contributed by atoms with van der Waals surface area (Å²) in [4.78, 5) is 11.4. The highest BCUT2D eigenvalue weighted by Crippen LogP contribution is 2.38. The Morgan fingerprint density at radius 2 is 2.07 bits per heavy atom. The van der Waals surface area contributed by atoms with Crippen LogP contribution >= 0.6 is 0 Å². The van der Waals surface area contributed by atoms with E-state index in [1.54, 1.807) is 14.2 Å². The maximum atomic E-state index is 11.4. The van der Waals surface area contributed by atoms with Gasteiger partial charge in [0.25, 0.3) is 0 Å². The van der Waals surface area contributed by atoms with Crippen LogP contribution in [0.25, 0.3) is 0 Å². The van der Waals surface area contributed by atoms with Crippen molar-refractivity contribution in [2.24, 2.45) is 5.92 Å². The van der Waals surface area contributed by atoms with Crippen LogP contribution in [0.5, 0.6) is 0 Å². The Balaban J connectivity index is 2.51. The third-order valence-corrected chi connectivity index (χ3v) is 2.80. The minimum absolute atomic E-state index is 0.0742. The molecule has 1 fully saturated rings. The molecular weight excluding hydrogens is 184 g/mol. The molecule has 0 saturated heterocycles. The molecule has 82 valence electrons. The third kappa shape index (κ3) is 2.25. The van der Waals surface area contributed by atoms with Gasteiger partial charge in [-0.2, -0.15) is 0 Å². The van der Waals surface area contributed by atoms with Crippen molar-refractivity contribution in [1.29, 1.82) is 0 Å². The first-order valence-corrected chi connectivity index (χ1v) is 4.94. The SMILES string of the molecule is CCOC(=O)[C@@H]1CCC(OC)(OC)C1. The molecule has 0 aromatic heterocycles. The molecule has 0 amide bonds. The zero-order valence-electron chi connectivity index (χ0n) is 9.04. The lowest BCUT2D eigenvalue weighted by Crippen LogP contribution is -2.31.